The fraction of sp³-hybridized carbons (Fsp3) is 0.391. The highest BCUT2D eigenvalue weighted by molar-refractivity contribution is 5.94. The van der Waals surface area contributed by atoms with Crippen LogP contribution in [0.1, 0.15) is 35.2 Å². The van der Waals surface area contributed by atoms with Crippen molar-refractivity contribution < 1.29 is 19.1 Å². The number of hydrogen-bond donors (Lipinski definition) is 1. The van der Waals surface area contributed by atoms with Crippen LogP contribution in [0.15, 0.2) is 48.5 Å². The molecule has 154 valence electrons. The Morgan fingerprint density at radius 3 is 2.21 bits per heavy atom. The Labute approximate surface area is 171 Å². The first-order valence-corrected chi connectivity index (χ1v) is 9.98. The van der Waals surface area contributed by atoms with E-state index in [4.69, 9.17) is 15.2 Å². The number of ether oxygens (including phenoxy) is 2. The molecule has 0 bridgehead atoms. The van der Waals surface area contributed by atoms with E-state index in [1.807, 2.05) is 17.0 Å². The number of amides is 2. The summed E-state index contributed by atoms with van der Waals surface area (Å²) in [5, 5.41) is 0. The van der Waals surface area contributed by atoms with E-state index in [0.29, 0.717) is 17.2 Å². The summed E-state index contributed by atoms with van der Waals surface area (Å²) in [4.78, 5) is 25.4. The summed E-state index contributed by atoms with van der Waals surface area (Å²) < 4.78 is 10.4. The SMILES string of the molecule is COc1ccc(CCC2CCN(C(=O)c3ccc(OCC(N)=O)cc3)CC2)cc1. The first-order chi connectivity index (χ1) is 14.0. The van der Waals surface area contributed by atoms with Crippen LogP contribution < -0.4 is 15.2 Å². The summed E-state index contributed by atoms with van der Waals surface area (Å²) in [5.41, 5.74) is 7.02. The van der Waals surface area contributed by atoms with Crippen molar-refractivity contribution in [2.24, 2.45) is 11.7 Å². The lowest BCUT2D eigenvalue weighted by Crippen LogP contribution is -2.38. The minimum atomic E-state index is -0.528. The van der Waals surface area contributed by atoms with Crippen LogP contribution in [0, 0.1) is 5.92 Å². The first kappa shape index (κ1) is 20.7. The van der Waals surface area contributed by atoms with Gasteiger partial charge in [-0.3, -0.25) is 9.59 Å². The zero-order valence-corrected chi connectivity index (χ0v) is 16.8. The summed E-state index contributed by atoms with van der Waals surface area (Å²) in [7, 11) is 1.68. The third kappa shape index (κ3) is 5.98. The second kappa shape index (κ2) is 9.96. The molecule has 2 aromatic carbocycles. The van der Waals surface area contributed by atoms with Crippen LogP contribution in [0.3, 0.4) is 0 Å². The number of rotatable bonds is 8. The Bertz CT molecular complexity index is 810. The summed E-state index contributed by atoms with van der Waals surface area (Å²) in [6.45, 7) is 1.40. The van der Waals surface area contributed by atoms with Crippen LogP contribution in [0.4, 0.5) is 0 Å². The molecule has 0 radical (unpaired) electrons. The Balaban J connectivity index is 1.44. The van der Waals surface area contributed by atoms with Crippen molar-refractivity contribution in [2.45, 2.75) is 25.7 Å². The van der Waals surface area contributed by atoms with Crippen LogP contribution in [0.25, 0.3) is 0 Å². The highest BCUT2D eigenvalue weighted by Gasteiger charge is 2.23. The molecule has 3 rings (SSSR count). The molecular formula is C23H28N2O4. The second-order valence-corrected chi connectivity index (χ2v) is 7.40. The van der Waals surface area contributed by atoms with E-state index in [0.717, 1.165) is 44.5 Å². The Kier molecular flexibility index (Phi) is 7.11. The molecule has 1 aliphatic heterocycles. The number of methoxy groups -OCH3 is 1. The number of carbonyl (C=O) groups is 2. The minimum absolute atomic E-state index is 0.0417. The zero-order chi connectivity index (χ0) is 20.6. The molecule has 2 N–H and O–H groups in total. The van der Waals surface area contributed by atoms with Gasteiger partial charge >= 0.3 is 0 Å². The van der Waals surface area contributed by atoms with Crippen LogP contribution in [0.5, 0.6) is 11.5 Å². The molecule has 0 aromatic heterocycles. The van der Waals surface area contributed by atoms with Gasteiger partial charge in [-0.05, 0) is 73.6 Å². The quantitative estimate of drug-likeness (QED) is 0.744. The van der Waals surface area contributed by atoms with E-state index < -0.39 is 5.91 Å². The van der Waals surface area contributed by atoms with Crippen molar-refractivity contribution in [3.63, 3.8) is 0 Å². The van der Waals surface area contributed by atoms with Crippen LogP contribution in [-0.2, 0) is 11.2 Å². The number of piperidine rings is 1. The van der Waals surface area contributed by atoms with E-state index >= 15 is 0 Å². The van der Waals surface area contributed by atoms with Crippen molar-refractivity contribution in [1.29, 1.82) is 0 Å². The summed E-state index contributed by atoms with van der Waals surface area (Å²) in [6, 6.07) is 15.1. The van der Waals surface area contributed by atoms with E-state index in [2.05, 4.69) is 12.1 Å². The standard InChI is InChI=1S/C23H28N2O4/c1-28-20-8-4-17(5-9-20)2-3-18-12-14-25(15-13-18)23(27)19-6-10-21(11-7-19)29-16-22(24)26/h4-11,18H,2-3,12-16H2,1H3,(H2,24,26). The fourth-order valence-electron chi connectivity index (χ4n) is 3.62. The average Bonchev–Trinajstić information content (AvgIpc) is 2.77. The predicted octanol–water partition coefficient (Wildman–Crippen LogP) is 3.04. The van der Waals surface area contributed by atoms with Gasteiger partial charge in [0.1, 0.15) is 11.5 Å². The molecule has 6 heteroatoms. The first-order valence-electron chi connectivity index (χ1n) is 9.98. The molecule has 0 spiro atoms. The topological polar surface area (TPSA) is 81.9 Å². The van der Waals surface area contributed by atoms with Gasteiger partial charge in [-0.25, -0.2) is 0 Å². The molecule has 2 aromatic rings. The van der Waals surface area contributed by atoms with E-state index in [9.17, 15) is 9.59 Å². The molecule has 1 heterocycles. The average molecular weight is 396 g/mol. The largest absolute Gasteiger partial charge is 0.497 e. The number of benzene rings is 2. The lowest BCUT2D eigenvalue weighted by molar-refractivity contribution is -0.119. The molecule has 0 aliphatic carbocycles. The van der Waals surface area contributed by atoms with Gasteiger partial charge in [0.15, 0.2) is 6.61 Å². The van der Waals surface area contributed by atoms with E-state index in [1.165, 1.54) is 5.56 Å². The number of nitrogens with two attached hydrogens (primary N) is 1. The maximum atomic E-state index is 12.7. The highest BCUT2D eigenvalue weighted by Crippen LogP contribution is 2.24. The number of hydrogen-bond acceptors (Lipinski definition) is 4. The van der Waals surface area contributed by atoms with Crippen molar-refractivity contribution >= 4 is 11.8 Å². The Hall–Kier alpha value is -3.02. The normalized spacial score (nSPS) is 14.4. The number of likely N-dealkylation sites (tertiary alicyclic amines) is 1. The highest BCUT2D eigenvalue weighted by atomic mass is 16.5. The van der Waals surface area contributed by atoms with Gasteiger partial charge in [-0.2, -0.15) is 0 Å². The Morgan fingerprint density at radius 2 is 1.62 bits per heavy atom. The summed E-state index contributed by atoms with van der Waals surface area (Å²) in [6.07, 6.45) is 4.25. The molecular weight excluding hydrogens is 368 g/mol. The third-order valence-electron chi connectivity index (χ3n) is 5.38. The molecule has 6 nitrogen and oxygen atoms in total. The van der Waals surface area contributed by atoms with Gasteiger partial charge in [-0.1, -0.05) is 12.1 Å². The molecule has 0 saturated carbocycles. The molecule has 29 heavy (non-hydrogen) atoms. The number of primary amides is 1. The monoisotopic (exact) mass is 396 g/mol. The fourth-order valence-corrected chi connectivity index (χ4v) is 3.62. The predicted molar refractivity (Wildman–Crippen MR) is 111 cm³/mol. The van der Waals surface area contributed by atoms with E-state index in [1.54, 1.807) is 31.4 Å². The second-order valence-electron chi connectivity index (χ2n) is 7.40. The molecule has 0 atom stereocenters. The molecule has 1 saturated heterocycles. The Morgan fingerprint density at radius 1 is 1.00 bits per heavy atom. The van der Waals surface area contributed by atoms with Gasteiger partial charge in [0.2, 0.25) is 0 Å². The van der Waals surface area contributed by atoms with Crippen LogP contribution >= 0.6 is 0 Å². The maximum absolute atomic E-state index is 12.7. The smallest absolute Gasteiger partial charge is 0.255 e. The number of nitrogens with zero attached hydrogens (tertiary/aromatic N) is 1. The summed E-state index contributed by atoms with van der Waals surface area (Å²) >= 11 is 0. The van der Waals surface area contributed by atoms with Gasteiger partial charge in [0.05, 0.1) is 7.11 Å². The van der Waals surface area contributed by atoms with Crippen molar-refractivity contribution in [3.05, 3.63) is 59.7 Å². The summed E-state index contributed by atoms with van der Waals surface area (Å²) in [5.74, 6) is 1.57. The maximum Gasteiger partial charge on any atom is 0.255 e. The lowest BCUT2D eigenvalue weighted by Gasteiger charge is -2.32. The molecule has 1 fully saturated rings. The van der Waals surface area contributed by atoms with E-state index in [-0.39, 0.29) is 12.5 Å². The number of carbonyl (C=O) groups excluding carboxylic acids is 2. The van der Waals surface area contributed by atoms with Gasteiger partial charge < -0.3 is 20.1 Å². The van der Waals surface area contributed by atoms with Gasteiger partial charge in [0, 0.05) is 18.7 Å². The molecule has 2 amide bonds. The zero-order valence-electron chi connectivity index (χ0n) is 16.8. The molecule has 0 unspecified atom stereocenters. The van der Waals surface area contributed by atoms with Gasteiger partial charge in [-0.15, -0.1) is 0 Å². The van der Waals surface area contributed by atoms with Crippen molar-refractivity contribution in [3.8, 4) is 11.5 Å². The van der Waals surface area contributed by atoms with Gasteiger partial charge in [0.25, 0.3) is 11.8 Å². The van der Waals surface area contributed by atoms with Crippen LogP contribution in [-0.4, -0.2) is 43.5 Å². The lowest BCUT2D eigenvalue weighted by atomic mass is 9.90. The third-order valence-corrected chi connectivity index (χ3v) is 5.38. The molecule has 1 aliphatic rings. The minimum Gasteiger partial charge on any atom is -0.497 e. The van der Waals surface area contributed by atoms with Crippen molar-refractivity contribution in [1.82, 2.24) is 4.90 Å². The van der Waals surface area contributed by atoms with Crippen LogP contribution in [0.2, 0.25) is 0 Å². The van der Waals surface area contributed by atoms with Crippen molar-refractivity contribution in [2.75, 3.05) is 26.8 Å². The number of aryl methyl sites for hydroxylation is 1.